The Balaban J connectivity index is 0.000000287. The van der Waals surface area contributed by atoms with Crippen molar-refractivity contribution in [3.05, 3.63) is 92.4 Å². The van der Waals surface area contributed by atoms with Gasteiger partial charge in [-0.1, -0.05) is 71.3 Å². The molecular formula is C36H52ClFN8O. The molecule has 0 bridgehead atoms. The van der Waals surface area contributed by atoms with Crippen LogP contribution in [-0.2, 0) is 23.8 Å². The minimum Gasteiger partial charge on any atom is -0.370 e. The smallest absolute Gasteiger partial charge is 0.354 e. The fourth-order valence-electron chi connectivity index (χ4n) is 4.97. The maximum absolute atomic E-state index is 14.0. The molecule has 2 heterocycles. The fraction of sp³-hybridized carbons (Fsp3) is 0.472. The second-order valence-electron chi connectivity index (χ2n) is 14.2. The van der Waals surface area contributed by atoms with Crippen molar-refractivity contribution in [3.8, 4) is 5.69 Å². The summed E-state index contributed by atoms with van der Waals surface area (Å²) in [4.78, 5) is 23.9. The number of nitrogens with one attached hydrogen (secondary N) is 2. The molecule has 2 aromatic carbocycles. The van der Waals surface area contributed by atoms with Crippen LogP contribution in [0.3, 0.4) is 0 Å². The van der Waals surface area contributed by atoms with Gasteiger partial charge in [-0.3, -0.25) is 9.56 Å². The molecule has 4 aromatic rings. The molecule has 9 nitrogen and oxygen atoms in total. The highest BCUT2D eigenvalue weighted by atomic mass is 35.5. The SMILES string of the molecule is CC(C)(C)c1cc2cn(-c3ccc(CNCCCN=C(N)N)cc3)c(=O)nc2[nH]1.C[C@H](N)CCCc1cc(Cl)c(F)c(C(C)(C)C)c1. The van der Waals surface area contributed by atoms with Gasteiger partial charge in [0.15, 0.2) is 5.96 Å². The zero-order valence-corrected chi connectivity index (χ0v) is 29.6. The summed E-state index contributed by atoms with van der Waals surface area (Å²) >= 11 is 5.97. The summed E-state index contributed by atoms with van der Waals surface area (Å²) in [5.74, 6) is -0.169. The molecule has 0 saturated carbocycles. The Hall–Kier alpha value is -3.73. The van der Waals surface area contributed by atoms with Crippen molar-refractivity contribution in [1.29, 1.82) is 0 Å². The fourth-order valence-corrected chi connectivity index (χ4v) is 5.21. The highest BCUT2D eigenvalue weighted by Gasteiger charge is 2.21. The molecule has 0 fully saturated rings. The highest BCUT2D eigenvalue weighted by Crippen LogP contribution is 2.31. The number of nitrogens with two attached hydrogens (primary N) is 3. The number of hydrogen-bond donors (Lipinski definition) is 5. The number of guanidine groups is 1. The van der Waals surface area contributed by atoms with Gasteiger partial charge in [0.05, 0.1) is 10.7 Å². The van der Waals surface area contributed by atoms with Crippen molar-refractivity contribution in [2.75, 3.05) is 13.1 Å². The lowest BCUT2D eigenvalue weighted by molar-refractivity contribution is 0.521. The van der Waals surface area contributed by atoms with Gasteiger partial charge in [-0.2, -0.15) is 4.98 Å². The lowest BCUT2D eigenvalue weighted by atomic mass is 9.85. The Morgan fingerprint density at radius 2 is 1.72 bits per heavy atom. The number of aryl methyl sites for hydroxylation is 1. The average molecular weight is 667 g/mol. The monoisotopic (exact) mass is 666 g/mol. The van der Waals surface area contributed by atoms with E-state index in [2.05, 4.69) is 47.1 Å². The van der Waals surface area contributed by atoms with Crippen LogP contribution in [0.4, 0.5) is 4.39 Å². The number of fused-ring (bicyclic) bond motifs is 1. The molecule has 8 N–H and O–H groups in total. The van der Waals surface area contributed by atoms with Gasteiger partial charge in [0.25, 0.3) is 0 Å². The standard InChI is InChI=1S/C21H29N7O.C15H23ClFN/c1-21(2,3)17-11-15-13-28(20(29)27-18(15)26-17)16-7-5-14(6-8-16)12-24-9-4-10-25-19(22)23;1-10(18)6-5-7-11-8-12(15(2,3)4)14(17)13(16)9-11/h5-8,11,13,24H,4,9-10,12H2,1-3H3,(H4,22,23,25)(H,26,27,29);8-10H,5-7,18H2,1-4H3/t;10-/m.0/s1. The summed E-state index contributed by atoms with van der Waals surface area (Å²) in [6.45, 7) is 16.5. The Kier molecular flexibility index (Phi) is 13.2. The van der Waals surface area contributed by atoms with Crippen LogP contribution < -0.4 is 28.2 Å². The third-order valence-electron chi connectivity index (χ3n) is 7.69. The molecule has 47 heavy (non-hydrogen) atoms. The van der Waals surface area contributed by atoms with E-state index < -0.39 is 0 Å². The van der Waals surface area contributed by atoms with Crippen LogP contribution in [-0.4, -0.2) is 39.6 Å². The zero-order chi connectivity index (χ0) is 34.9. The summed E-state index contributed by atoms with van der Waals surface area (Å²) in [6, 6.07) is 13.8. The molecular weight excluding hydrogens is 615 g/mol. The number of aromatic amines is 1. The van der Waals surface area contributed by atoms with E-state index in [0.717, 1.165) is 66.7 Å². The maximum Gasteiger partial charge on any atom is 0.354 e. The number of nitrogens with zero attached hydrogens (tertiary/aromatic N) is 3. The molecule has 0 aliphatic carbocycles. The molecule has 0 amide bonds. The molecule has 1 atom stereocenters. The summed E-state index contributed by atoms with van der Waals surface area (Å²) in [7, 11) is 0. The second-order valence-corrected chi connectivity index (χ2v) is 14.6. The number of rotatable bonds is 11. The van der Waals surface area contributed by atoms with E-state index in [1.165, 1.54) is 0 Å². The summed E-state index contributed by atoms with van der Waals surface area (Å²) in [5, 5.41) is 4.49. The van der Waals surface area contributed by atoms with Gasteiger partial charge in [0.2, 0.25) is 0 Å². The van der Waals surface area contributed by atoms with Gasteiger partial charge in [0, 0.05) is 41.8 Å². The molecule has 0 spiro atoms. The predicted molar refractivity (Wildman–Crippen MR) is 194 cm³/mol. The van der Waals surface area contributed by atoms with E-state index in [0.29, 0.717) is 17.8 Å². The minimum atomic E-state index is -0.301. The van der Waals surface area contributed by atoms with Crippen molar-refractivity contribution in [1.82, 2.24) is 19.9 Å². The van der Waals surface area contributed by atoms with E-state index in [9.17, 15) is 9.18 Å². The number of aromatic nitrogens is 3. The van der Waals surface area contributed by atoms with Gasteiger partial charge < -0.3 is 27.5 Å². The molecule has 0 aliphatic heterocycles. The van der Waals surface area contributed by atoms with Crippen LogP contribution in [0.1, 0.15) is 90.1 Å². The van der Waals surface area contributed by atoms with Crippen LogP contribution >= 0.6 is 11.6 Å². The third-order valence-corrected chi connectivity index (χ3v) is 7.96. The zero-order valence-electron chi connectivity index (χ0n) is 28.9. The van der Waals surface area contributed by atoms with Crippen molar-refractivity contribution >= 4 is 28.6 Å². The number of aliphatic imine (C=N–C) groups is 1. The van der Waals surface area contributed by atoms with E-state index in [4.69, 9.17) is 28.8 Å². The van der Waals surface area contributed by atoms with Gasteiger partial charge in [-0.15, -0.1) is 0 Å². The van der Waals surface area contributed by atoms with Crippen LogP contribution in [0.15, 0.2) is 58.4 Å². The third kappa shape index (κ3) is 11.5. The first-order valence-corrected chi connectivity index (χ1v) is 16.6. The first-order valence-electron chi connectivity index (χ1n) is 16.2. The Morgan fingerprint density at radius 1 is 1.04 bits per heavy atom. The predicted octanol–water partition coefficient (Wildman–Crippen LogP) is 6.21. The number of H-pyrrole nitrogens is 1. The number of benzene rings is 2. The van der Waals surface area contributed by atoms with Crippen LogP contribution in [0.5, 0.6) is 0 Å². The van der Waals surface area contributed by atoms with Gasteiger partial charge in [-0.25, -0.2) is 9.18 Å². The van der Waals surface area contributed by atoms with E-state index >= 15 is 0 Å². The van der Waals surface area contributed by atoms with E-state index in [1.807, 2.05) is 64.2 Å². The molecule has 0 saturated heterocycles. The van der Waals surface area contributed by atoms with Crippen LogP contribution in [0.25, 0.3) is 16.7 Å². The van der Waals surface area contributed by atoms with Crippen LogP contribution in [0.2, 0.25) is 5.02 Å². The Labute approximate surface area is 283 Å². The van der Waals surface area contributed by atoms with Gasteiger partial charge >= 0.3 is 5.69 Å². The number of halogens is 2. The average Bonchev–Trinajstić information content (AvgIpc) is 3.40. The highest BCUT2D eigenvalue weighted by molar-refractivity contribution is 6.30. The topological polar surface area (TPSA) is 153 Å². The molecule has 11 heteroatoms. The van der Waals surface area contributed by atoms with Gasteiger partial charge in [-0.05, 0) is 85.5 Å². The molecule has 2 aromatic heterocycles. The largest absolute Gasteiger partial charge is 0.370 e. The lowest BCUT2D eigenvalue weighted by Gasteiger charge is -2.21. The van der Waals surface area contributed by atoms with Crippen molar-refractivity contribution < 1.29 is 4.39 Å². The maximum atomic E-state index is 14.0. The summed E-state index contributed by atoms with van der Waals surface area (Å²) < 4.78 is 15.6. The van der Waals surface area contributed by atoms with E-state index in [-0.39, 0.29) is 39.4 Å². The quantitative estimate of drug-likeness (QED) is 0.0729. The van der Waals surface area contributed by atoms with E-state index in [1.54, 1.807) is 10.6 Å². The van der Waals surface area contributed by atoms with Crippen molar-refractivity contribution in [3.63, 3.8) is 0 Å². The Bertz CT molecular complexity index is 1690. The minimum absolute atomic E-state index is 0.0352. The molecule has 0 radical (unpaired) electrons. The van der Waals surface area contributed by atoms with Crippen LogP contribution in [0, 0.1) is 5.82 Å². The molecule has 0 unspecified atom stereocenters. The molecule has 0 aliphatic rings. The normalized spacial score (nSPS) is 12.5. The van der Waals surface area contributed by atoms with Crippen molar-refractivity contribution in [2.45, 2.75) is 97.6 Å². The molecule has 4 rings (SSSR count). The summed E-state index contributed by atoms with van der Waals surface area (Å²) in [6.07, 6.45) is 5.57. The Morgan fingerprint density at radius 3 is 2.32 bits per heavy atom. The van der Waals surface area contributed by atoms with Gasteiger partial charge in [0.1, 0.15) is 11.5 Å². The van der Waals surface area contributed by atoms with Crippen molar-refractivity contribution in [2.24, 2.45) is 22.2 Å². The second kappa shape index (κ2) is 16.4. The first-order chi connectivity index (χ1) is 22.0. The first kappa shape index (κ1) is 37.7. The summed E-state index contributed by atoms with van der Waals surface area (Å²) in [5.41, 5.74) is 21.1. The molecule has 256 valence electrons. The number of hydrogen-bond acceptors (Lipinski definition) is 5. The lowest BCUT2D eigenvalue weighted by Crippen LogP contribution is -2.23.